The van der Waals surface area contributed by atoms with E-state index in [-0.39, 0.29) is 5.91 Å². The monoisotopic (exact) mass is 421 g/mol. The molecule has 0 aliphatic rings. The number of hydrogen-bond acceptors (Lipinski definition) is 5. The van der Waals surface area contributed by atoms with Crippen LogP contribution in [0.3, 0.4) is 0 Å². The first-order valence-electron chi connectivity index (χ1n) is 9.45. The van der Waals surface area contributed by atoms with Gasteiger partial charge in [0.05, 0.1) is 18.9 Å². The van der Waals surface area contributed by atoms with Gasteiger partial charge < -0.3 is 10.1 Å². The Morgan fingerprint density at radius 2 is 2.07 bits per heavy atom. The number of aryl methyl sites for hydroxylation is 1. The number of rotatable bonds is 5. The number of benzene rings is 1. The highest BCUT2D eigenvalue weighted by Gasteiger charge is 2.17. The first-order valence-corrected chi connectivity index (χ1v) is 9.83. The summed E-state index contributed by atoms with van der Waals surface area (Å²) in [7, 11) is 1.58. The van der Waals surface area contributed by atoms with E-state index in [4.69, 9.17) is 16.3 Å². The van der Waals surface area contributed by atoms with Gasteiger partial charge in [0.25, 0.3) is 0 Å². The number of methoxy groups -OCH3 is 1. The van der Waals surface area contributed by atoms with Gasteiger partial charge in [0.1, 0.15) is 5.82 Å². The van der Waals surface area contributed by atoms with Gasteiger partial charge in [0.15, 0.2) is 5.82 Å². The number of amides is 1. The molecule has 3 heterocycles. The highest BCUT2D eigenvalue weighted by atomic mass is 35.5. The van der Waals surface area contributed by atoms with Crippen molar-refractivity contribution in [2.75, 3.05) is 12.4 Å². The first kappa shape index (κ1) is 19.8. The molecule has 1 amide bonds. The maximum atomic E-state index is 11.7. The highest BCUT2D eigenvalue weighted by molar-refractivity contribution is 6.31. The van der Waals surface area contributed by atoms with Crippen molar-refractivity contribution in [2.45, 2.75) is 20.3 Å². The number of fused-ring (bicyclic) bond motifs is 1. The molecule has 0 bridgehead atoms. The standard InChI is InChI=1S/C22H20ClN5O2/c1-4-21(29)27-19-10-16(23)11-20(26-19)28-22(30-3)18(12-25-28)14-5-6-17-13(2)24-8-7-15(17)9-14/h5-12H,4H2,1-3H3,(H,26,27,29). The Morgan fingerprint density at radius 3 is 2.83 bits per heavy atom. The summed E-state index contributed by atoms with van der Waals surface area (Å²) in [5.74, 6) is 1.17. The Kier molecular flexibility index (Phi) is 5.37. The quantitative estimate of drug-likeness (QED) is 0.500. The van der Waals surface area contributed by atoms with Gasteiger partial charge in [-0.15, -0.1) is 0 Å². The molecule has 8 heteroatoms. The molecule has 0 spiro atoms. The number of halogens is 1. The summed E-state index contributed by atoms with van der Waals surface area (Å²) in [5, 5.41) is 9.79. The lowest BCUT2D eigenvalue weighted by Gasteiger charge is -2.11. The molecule has 0 atom stereocenters. The Hall–Kier alpha value is -3.45. The van der Waals surface area contributed by atoms with E-state index in [1.165, 1.54) is 0 Å². The van der Waals surface area contributed by atoms with Crippen molar-refractivity contribution in [2.24, 2.45) is 0 Å². The number of anilines is 1. The minimum Gasteiger partial charge on any atom is -0.480 e. The van der Waals surface area contributed by atoms with Gasteiger partial charge in [-0.3, -0.25) is 9.78 Å². The van der Waals surface area contributed by atoms with E-state index in [1.54, 1.807) is 43.2 Å². The number of aromatic nitrogens is 4. The number of nitrogens with one attached hydrogen (secondary N) is 1. The molecule has 0 fully saturated rings. The molecular formula is C22H20ClN5O2. The van der Waals surface area contributed by atoms with Crippen LogP contribution in [0.15, 0.2) is 48.8 Å². The fourth-order valence-corrected chi connectivity index (χ4v) is 3.48. The largest absolute Gasteiger partial charge is 0.480 e. The third-order valence-corrected chi connectivity index (χ3v) is 4.99. The zero-order chi connectivity index (χ0) is 21.3. The Morgan fingerprint density at radius 1 is 1.23 bits per heavy atom. The Balaban J connectivity index is 1.79. The van der Waals surface area contributed by atoms with Crippen LogP contribution in [0, 0.1) is 6.92 Å². The third-order valence-electron chi connectivity index (χ3n) is 4.78. The van der Waals surface area contributed by atoms with Crippen molar-refractivity contribution in [1.82, 2.24) is 19.7 Å². The predicted octanol–water partition coefficient (Wildman–Crippen LogP) is 4.80. The Labute approximate surface area is 178 Å². The smallest absolute Gasteiger partial charge is 0.225 e. The molecule has 4 rings (SSSR count). The topological polar surface area (TPSA) is 81.9 Å². The number of carbonyl (C=O) groups excluding carboxylic acids is 1. The fraction of sp³-hybridized carbons (Fsp3) is 0.182. The maximum absolute atomic E-state index is 11.7. The lowest BCUT2D eigenvalue weighted by Crippen LogP contribution is -2.12. The van der Waals surface area contributed by atoms with E-state index in [2.05, 4.69) is 26.4 Å². The predicted molar refractivity (Wildman–Crippen MR) is 117 cm³/mol. The molecule has 0 aliphatic heterocycles. The van der Waals surface area contributed by atoms with E-state index in [0.717, 1.165) is 27.6 Å². The SMILES string of the molecule is CCC(=O)Nc1cc(Cl)cc(-n2ncc(-c3ccc4c(C)nccc4c3)c2OC)n1. The minimum atomic E-state index is -0.148. The highest BCUT2D eigenvalue weighted by Crippen LogP contribution is 2.34. The molecule has 0 aliphatic carbocycles. The number of nitrogens with zero attached hydrogens (tertiary/aromatic N) is 4. The number of ether oxygens (including phenoxy) is 1. The van der Waals surface area contributed by atoms with Crippen molar-refractivity contribution < 1.29 is 9.53 Å². The van der Waals surface area contributed by atoms with E-state index < -0.39 is 0 Å². The molecule has 0 radical (unpaired) electrons. The second-order valence-corrected chi connectivity index (χ2v) is 7.18. The summed E-state index contributed by atoms with van der Waals surface area (Å²) in [5.41, 5.74) is 2.75. The van der Waals surface area contributed by atoms with Gasteiger partial charge in [-0.2, -0.15) is 9.78 Å². The second-order valence-electron chi connectivity index (χ2n) is 6.74. The normalized spacial score (nSPS) is 10.9. The fourth-order valence-electron chi connectivity index (χ4n) is 3.28. The van der Waals surface area contributed by atoms with Gasteiger partial charge in [-0.1, -0.05) is 30.7 Å². The second kappa shape index (κ2) is 8.12. The molecule has 0 saturated heterocycles. The molecule has 4 aromatic rings. The van der Waals surface area contributed by atoms with E-state index in [9.17, 15) is 4.79 Å². The number of hydrogen-bond donors (Lipinski definition) is 1. The molecule has 1 aromatic carbocycles. The van der Waals surface area contributed by atoms with Crippen LogP contribution in [0.1, 0.15) is 19.0 Å². The van der Waals surface area contributed by atoms with Crippen molar-refractivity contribution >= 4 is 34.1 Å². The summed E-state index contributed by atoms with van der Waals surface area (Å²) in [6, 6.07) is 11.4. The summed E-state index contributed by atoms with van der Waals surface area (Å²) in [6.45, 7) is 3.76. The average Bonchev–Trinajstić information content (AvgIpc) is 3.17. The average molecular weight is 422 g/mol. The molecule has 7 nitrogen and oxygen atoms in total. The molecule has 1 N–H and O–H groups in total. The summed E-state index contributed by atoms with van der Waals surface area (Å²) in [6.07, 6.45) is 3.86. The van der Waals surface area contributed by atoms with Gasteiger partial charge >= 0.3 is 0 Å². The zero-order valence-corrected chi connectivity index (χ0v) is 17.6. The van der Waals surface area contributed by atoms with E-state index in [0.29, 0.717) is 29.0 Å². The first-order chi connectivity index (χ1) is 14.5. The van der Waals surface area contributed by atoms with Crippen LogP contribution in [0.25, 0.3) is 27.7 Å². The number of carbonyl (C=O) groups is 1. The molecule has 30 heavy (non-hydrogen) atoms. The summed E-state index contributed by atoms with van der Waals surface area (Å²) < 4.78 is 7.22. The van der Waals surface area contributed by atoms with Crippen molar-refractivity contribution in [3.8, 4) is 22.8 Å². The molecule has 0 saturated carbocycles. The van der Waals surface area contributed by atoms with Crippen molar-refractivity contribution in [1.29, 1.82) is 0 Å². The van der Waals surface area contributed by atoms with Crippen molar-refractivity contribution in [3.05, 3.63) is 59.5 Å². The molecule has 152 valence electrons. The van der Waals surface area contributed by atoms with Gasteiger partial charge in [0, 0.05) is 34.8 Å². The molecular weight excluding hydrogens is 402 g/mol. The van der Waals surface area contributed by atoms with Crippen molar-refractivity contribution in [3.63, 3.8) is 0 Å². The van der Waals surface area contributed by atoms with Crippen LogP contribution >= 0.6 is 11.6 Å². The van der Waals surface area contributed by atoms with E-state index in [1.807, 2.05) is 25.1 Å². The third kappa shape index (κ3) is 3.71. The minimum absolute atomic E-state index is 0.148. The zero-order valence-electron chi connectivity index (χ0n) is 16.8. The summed E-state index contributed by atoms with van der Waals surface area (Å²) in [4.78, 5) is 20.5. The number of pyridine rings is 2. The maximum Gasteiger partial charge on any atom is 0.225 e. The van der Waals surface area contributed by atoms with Crippen LogP contribution in [0.4, 0.5) is 5.82 Å². The van der Waals surface area contributed by atoms with Gasteiger partial charge in [-0.25, -0.2) is 4.98 Å². The van der Waals surface area contributed by atoms with Crippen LogP contribution in [0.2, 0.25) is 5.02 Å². The van der Waals surface area contributed by atoms with Gasteiger partial charge in [-0.05, 0) is 36.1 Å². The summed E-state index contributed by atoms with van der Waals surface area (Å²) >= 11 is 6.25. The molecule has 0 unspecified atom stereocenters. The van der Waals surface area contributed by atoms with E-state index >= 15 is 0 Å². The van der Waals surface area contributed by atoms with Crippen LogP contribution < -0.4 is 10.1 Å². The van der Waals surface area contributed by atoms with Gasteiger partial charge in [0.2, 0.25) is 11.8 Å². The van der Waals surface area contributed by atoms with Crippen LogP contribution in [-0.2, 0) is 4.79 Å². The lowest BCUT2D eigenvalue weighted by atomic mass is 10.0. The van der Waals surface area contributed by atoms with Crippen LogP contribution in [0.5, 0.6) is 5.88 Å². The van der Waals surface area contributed by atoms with Crippen LogP contribution in [-0.4, -0.2) is 32.8 Å². The molecule has 3 aromatic heterocycles. The Bertz CT molecular complexity index is 1250. The lowest BCUT2D eigenvalue weighted by molar-refractivity contribution is -0.115.